The number of carbonyl (C=O) groups excluding carboxylic acids is 1. The van der Waals surface area contributed by atoms with Gasteiger partial charge in [0.2, 0.25) is 0 Å². The number of pyridine rings is 1. The minimum absolute atomic E-state index is 0.200. The second kappa shape index (κ2) is 6.62. The van der Waals surface area contributed by atoms with Crippen molar-refractivity contribution in [2.45, 2.75) is 13.1 Å². The molecule has 1 aromatic carbocycles. The quantitative estimate of drug-likeness (QED) is 0.766. The molecule has 0 radical (unpaired) electrons. The average Bonchev–Trinajstić information content (AvgIpc) is 3.01. The van der Waals surface area contributed by atoms with Crippen LogP contribution in [0.25, 0.3) is 11.3 Å². The summed E-state index contributed by atoms with van der Waals surface area (Å²) in [4.78, 5) is 16.9. The third-order valence-corrected chi connectivity index (χ3v) is 3.78. The van der Waals surface area contributed by atoms with Crippen molar-refractivity contribution >= 4 is 11.6 Å². The van der Waals surface area contributed by atoms with Crippen LogP contribution in [0.15, 0.2) is 48.8 Å². The minimum Gasteiger partial charge on any atom is -0.321 e. The molecule has 0 saturated heterocycles. The molecule has 2 heterocycles. The van der Waals surface area contributed by atoms with Crippen LogP contribution < -0.4 is 5.32 Å². The lowest BCUT2D eigenvalue weighted by molar-refractivity contribution is -0.137. The normalized spacial score (nSPS) is 11.4. The second-order valence-electron chi connectivity index (χ2n) is 5.79. The van der Waals surface area contributed by atoms with Crippen LogP contribution in [0.3, 0.4) is 0 Å². The summed E-state index contributed by atoms with van der Waals surface area (Å²) in [6.07, 6.45) is -1.01. The van der Waals surface area contributed by atoms with Crippen molar-refractivity contribution < 1.29 is 18.0 Å². The van der Waals surface area contributed by atoms with E-state index in [-0.39, 0.29) is 11.4 Å². The number of carbonyl (C=O) groups is 1. The van der Waals surface area contributed by atoms with Crippen molar-refractivity contribution in [2.24, 2.45) is 7.05 Å². The molecular weight excluding hydrogens is 345 g/mol. The van der Waals surface area contributed by atoms with Crippen molar-refractivity contribution in [1.29, 1.82) is 0 Å². The summed E-state index contributed by atoms with van der Waals surface area (Å²) in [5, 5.41) is 6.64. The predicted octanol–water partition coefficient (Wildman–Crippen LogP) is 4.06. The fourth-order valence-electron chi connectivity index (χ4n) is 2.41. The Hall–Kier alpha value is -3.16. The van der Waals surface area contributed by atoms with Crippen molar-refractivity contribution in [3.63, 3.8) is 0 Å². The van der Waals surface area contributed by atoms with Gasteiger partial charge in [-0.2, -0.15) is 18.3 Å². The Morgan fingerprint density at radius 2 is 1.81 bits per heavy atom. The van der Waals surface area contributed by atoms with Crippen LogP contribution in [0, 0.1) is 6.92 Å². The number of amides is 1. The van der Waals surface area contributed by atoms with Crippen LogP contribution in [0.1, 0.15) is 21.6 Å². The van der Waals surface area contributed by atoms with Gasteiger partial charge in [-0.05, 0) is 42.8 Å². The highest BCUT2D eigenvalue weighted by molar-refractivity contribution is 6.04. The third kappa shape index (κ3) is 3.74. The predicted molar refractivity (Wildman–Crippen MR) is 90.6 cm³/mol. The Bertz CT molecular complexity index is 946. The summed E-state index contributed by atoms with van der Waals surface area (Å²) in [6.45, 7) is 1.74. The summed E-state index contributed by atoms with van der Waals surface area (Å²) in [6, 6.07) is 7.80. The zero-order chi connectivity index (χ0) is 18.9. The number of hydrogen-bond donors (Lipinski definition) is 1. The van der Waals surface area contributed by atoms with Gasteiger partial charge in [-0.15, -0.1) is 0 Å². The van der Waals surface area contributed by atoms with Gasteiger partial charge in [-0.1, -0.05) is 6.07 Å². The number of hydrogen-bond acceptors (Lipinski definition) is 3. The van der Waals surface area contributed by atoms with Gasteiger partial charge in [0.1, 0.15) is 5.69 Å². The van der Waals surface area contributed by atoms with Gasteiger partial charge in [0.15, 0.2) is 0 Å². The van der Waals surface area contributed by atoms with Crippen molar-refractivity contribution in [2.75, 3.05) is 5.32 Å². The van der Waals surface area contributed by atoms with E-state index in [1.54, 1.807) is 43.2 Å². The number of alkyl halides is 3. The second-order valence-corrected chi connectivity index (χ2v) is 5.79. The highest BCUT2D eigenvalue weighted by atomic mass is 19.4. The maximum absolute atomic E-state index is 12.6. The molecule has 0 atom stereocenters. The van der Waals surface area contributed by atoms with Gasteiger partial charge in [0.25, 0.3) is 5.91 Å². The van der Waals surface area contributed by atoms with Gasteiger partial charge in [0, 0.05) is 24.5 Å². The van der Waals surface area contributed by atoms with E-state index in [9.17, 15) is 18.0 Å². The molecule has 0 spiro atoms. The van der Waals surface area contributed by atoms with Crippen LogP contribution in [0.2, 0.25) is 0 Å². The van der Waals surface area contributed by atoms with Crippen LogP contribution in [0.5, 0.6) is 0 Å². The van der Waals surface area contributed by atoms with E-state index < -0.39 is 17.6 Å². The molecule has 2 aromatic heterocycles. The number of rotatable bonds is 3. The summed E-state index contributed by atoms with van der Waals surface area (Å²) < 4.78 is 39.4. The lowest BCUT2D eigenvalue weighted by atomic mass is 10.1. The van der Waals surface area contributed by atoms with Crippen molar-refractivity contribution in [1.82, 2.24) is 14.8 Å². The number of nitrogens with one attached hydrogen (secondary N) is 1. The van der Waals surface area contributed by atoms with Gasteiger partial charge in [0.05, 0.1) is 17.5 Å². The Kier molecular flexibility index (Phi) is 4.50. The summed E-state index contributed by atoms with van der Waals surface area (Å²) in [5.41, 5.74) is 1.69. The van der Waals surface area contributed by atoms with E-state index >= 15 is 0 Å². The Labute approximate surface area is 147 Å². The van der Waals surface area contributed by atoms with E-state index in [1.807, 2.05) is 0 Å². The van der Waals surface area contributed by atoms with E-state index in [1.165, 1.54) is 12.1 Å². The minimum atomic E-state index is -4.42. The van der Waals surface area contributed by atoms with Gasteiger partial charge < -0.3 is 5.32 Å². The Morgan fingerprint density at radius 3 is 2.38 bits per heavy atom. The summed E-state index contributed by atoms with van der Waals surface area (Å²) >= 11 is 0. The number of anilines is 1. The Morgan fingerprint density at radius 1 is 1.12 bits per heavy atom. The average molecular weight is 360 g/mol. The number of aryl methyl sites for hydroxylation is 2. The molecule has 3 aromatic rings. The maximum Gasteiger partial charge on any atom is 0.416 e. The van der Waals surface area contributed by atoms with Gasteiger partial charge in [-0.3, -0.25) is 9.48 Å². The van der Waals surface area contributed by atoms with Gasteiger partial charge in [-0.25, -0.2) is 4.98 Å². The standard InChI is InChI=1S/C18H15F3N4O/c1-11-3-8-15(12-9-22-25(2)10-12)24-16(11)17(26)23-14-6-4-13(5-7-14)18(19,20)21/h3-10H,1-2H3,(H,23,26). The molecule has 1 amide bonds. The number of nitrogens with zero attached hydrogens (tertiary/aromatic N) is 3. The third-order valence-electron chi connectivity index (χ3n) is 3.78. The van der Waals surface area contributed by atoms with Crippen molar-refractivity contribution in [3.05, 3.63) is 65.6 Å². The summed E-state index contributed by atoms with van der Waals surface area (Å²) in [5.74, 6) is -0.493. The molecule has 3 rings (SSSR count). The molecule has 134 valence electrons. The fraction of sp³-hybridized carbons (Fsp3) is 0.167. The molecule has 0 saturated carbocycles. The molecule has 0 fully saturated rings. The topological polar surface area (TPSA) is 59.8 Å². The zero-order valence-electron chi connectivity index (χ0n) is 14.0. The molecule has 0 bridgehead atoms. The molecule has 0 aliphatic rings. The maximum atomic E-state index is 12.6. The number of aromatic nitrogens is 3. The van der Waals surface area contributed by atoms with Crippen LogP contribution in [-0.2, 0) is 13.2 Å². The highest BCUT2D eigenvalue weighted by Crippen LogP contribution is 2.30. The Balaban J connectivity index is 1.83. The van der Waals surface area contributed by atoms with E-state index in [0.29, 0.717) is 11.3 Å². The monoisotopic (exact) mass is 360 g/mol. The molecule has 0 aliphatic heterocycles. The summed E-state index contributed by atoms with van der Waals surface area (Å²) in [7, 11) is 1.77. The zero-order valence-corrected chi connectivity index (χ0v) is 14.0. The van der Waals surface area contributed by atoms with Crippen LogP contribution in [-0.4, -0.2) is 20.7 Å². The lowest BCUT2D eigenvalue weighted by Crippen LogP contribution is -2.16. The first-order chi connectivity index (χ1) is 12.2. The highest BCUT2D eigenvalue weighted by Gasteiger charge is 2.30. The van der Waals surface area contributed by atoms with Crippen molar-refractivity contribution in [3.8, 4) is 11.3 Å². The molecule has 0 unspecified atom stereocenters. The SMILES string of the molecule is Cc1ccc(-c2cnn(C)c2)nc1C(=O)Nc1ccc(C(F)(F)F)cc1. The first-order valence-electron chi connectivity index (χ1n) is 7.69. The number of halogens is 3. The van der Waals surface area contributed by atoms with Gasteiger partial charge >= 0.3 is 6.18 Å². The van der Waals surface area contributed by atoms with Crippen LogP contribution in [0.4, 0.5) is 18.9 Å². The molecule has 1 N–H and O–H groups in total. The number of benzene rings is 1. The van der Waals surface area contributed by atoms with E-state index in [4.69, 9.17) is 0 Å². The molecular formula is C18H15F3N4O. The van der Waals surface area contributed by atoms with E-state index in [2.05, 4.69) is 15.4 Å². The molecule has 0 aliphatic carbocycles. The van der Waals surface area contributed by atoms with E-state index in [0.717, 1.165) is 17.7 Å². The molecule has 5 nitrogen and oxygen atoms in total. The largest absolute Gasteiger partial charge is 0.416 e. The smallest absolute Gasteiger partial charge is 0.321 e. The fourth-order valence-corrected chi connectivity index (χ4v) is 2.41. The lowest BCUT2D eigenvalue weighted by Gasteiger charge is -2.10. The first kappa shape index (κ1) is 17.7. The molecule has 26 heavy (non-hydrogen) atoms. The van der Waals surface area contributed by atoms with Crippen LogP contribution >= 0.6 is 0 Å². The first-order valence-corrected chi connectivity index (χ1v) is 7.69. The molecule has 8 heteroatoms.